The maximum absolute atomic E-state index is 13.4. The molecule has 0 radical (unpaired) electrons. The maximum Gasteiger partial charge on any atom is 0.346 e. The normalized spacial score (nSPS) is 11.7. The van der Waals surface area contributed by atoms with E-state index in [9.17, 15) is 18.0 Å². The van der Waals surface area contributed by atoms with Crippen LogP contribution in [-0.2, 0) is 23.1 Å². The van der Waals surface area contributed by atoms with Crippen LogP contribution in [0.1, 0.15) is 12.5 Å². The molecule has 0 unspecified atom stereocenters. The number of pyridine rings is 1. The molecule has 0 aliphatic rings. The summed E-state index contributed by atoms with van der Waals surface area (Å²) in [4.78, 5) is 26.3. The number of halogens is 2. The van der Waals surface area contributed by atoms with Crippen LogP contribution in [0, 0.1) is 0 Å². The fourth-order valence-corrected chi connectivity index (χ4v) is 4.99. The van der Waals surface area contributed by atoms with Crippen molar-refractivity contribution in [2.24, 2.45) is 0 Å². The van der Waals surface area contributed by atoms with Gasteiger partial charge in [-0.3, -0.25) is 9.36 Å². The quantitative estimate of drug-likeness (QED) is 0.402. The van der Waals surface area contributed by atoms with Gasteiger partial charge >= 0.3 is 5.69 Å². The second kappa shape index (κ2) is 8.54. The topological polar surface area (TPSA) is 82.0 Å². The first-order valence-electron chi connectivity index (χ1n) is 9.66. The molecule has 0 saturated carbocycles. The summed E-state index contributed by atoms with van der Waals surface area (Å²) >= 11 is 12.0. The average molecular weight is 491 g/mol. The second-order valence-electron chi connectivity index (χ2n) is 7.10. The summed E-state index contributed by atoms with van der Waals surface area (Å²) in [5.41, 5.74) is -0.911. The molecule has 0 aliphatic heterocycles. The molecule has 0 atom stereocenters. The van der Waals surface area contributed by atoms with Gasteiger partial charge in [0.1, 0.15) is 6.54 Å². The third kappa shape index (κ3) is 3.97. The van der Waals surface area contributed by atoms with Gasteiger partial charge < -0.3 is 0 Å². The molecule has 0 saturated heterocycles. The predicted molar refractivity (Wildman–Crippen MR) is 123 cm³/mol. The number of benzene rings is 2. The van der Waals surface area contributed by atoms with Crippen molar-refractivity contribution in [2.45, 2.75) is 24.9 Å². The van der Waals surface area contributed by atoms with Crippen LogP contribution < -0.4 is 15.8 Å². The van der Waals surface area contributed by atoms with Crippen LogP contribution in [-0.4, -0.2) is 17.0 Å². The zero-order valence-electron chi connectivity index (χ0n) is 16.9. The van der Waals surface area contributed by atoms with E-state index < -0.39 is 21.3 Å². The largest absolute Gasteiger partial charge is 0.346 e. The molecule has 4 aromatic rings. The lowest BCUT2D eigenvalue weighted by molar-refractivity contribution is -0.693. The number of rotatable bonds is 5. The summed E-state index contributed by atoms with van der Waals surface area (Å²) in [5, 5.41) is 0.710. The summed E-state index contributed by atoms with van der Waals surface area (Å²) in [6.07, 6.45) is 3.71. The van der Waals surface area contributed by atoms with Crippen LogP contribution in [0.2, 0.25) is 10.0 Å². The fraction of sp³-hybridized carbons (Fsp3) is 0.136. The van der Waals surface area contributed by atoms with Gasteiger partial charge in [0.25, 0.3) is 15.6 Å². The van der Waals surface area contributed by atoms with Gasteiger partial charge in [0.05, 0.1) is 22.3 Å². The molecule has 2 heterocycles. The first kappa shape index (κ1) is 22.3. The average Bonchev–Trinajstić information content (AvgIpc) is 2.77. The van der Waals surface area contributed by atoms with Gasteiger partial charge in [-0.15, -0.1) is 3.97 Å². The number of aryl methyl sites for hydroxylation is 1. The number of fused-ring (bicyclic) bond motifs is 1. The molecule has 0 bridgehead atoms. The number of nitrogens with zero attached hydrogens (tertiary/aromatic N) is 3. The van der Waals surface area contributed by atoms with E-state index in [0.29, 0.717) is 14.0 Å². The van der Waals surface area contributed by atoms with E-state index in [-0.39, 0.29) is 22.3 Å². The lowest BCUT2D eigenvalue weighted by atomic mass is 10.2. The molecule has 7 nitrogen and oxygen atoms in total. The first-order chi connectivity index (χ1) is 15.2. The molecule has 0 fully saturated rings. The lowest BCUT2D eigenvalue weighted by Crippen LogP contribution is -2.44. The zero-order chi connectivity index (χ0) is 23.0. The smallest absolute Gasteiger partial charge is 0.288 e. The van der Waals surface area contributed by atoms with Crippen LogP contribution >= 0.6 is 23.2 Å². The zero-order valence-corrected chi connectivity index (χ0v) is 19.2. The van der Waals surface area contributed by atoms with Crippen LogP contribution in [0.25, 0.3) is 10.9 Å². The summed E-state index contributed by atoms with van der Waals surface area (Å²) in [6, 6.07) is 13.3. The summed E-state index contributed by atoms with van der Waals surface area (Å²) in [7, 11) is -4.47. The molecule has 4 rings (SSSR count). The Bertz CT molecular complexity index is 1540. The molecule has 10 heteroatoms. The molecule has 2 aromatic heterocycles. The summed E-state index contributed by atoms with van der Waals surface area (Å²) in [5.74, 6) is 0. The molecule has 0 aliphatic carbocycles. The summed E-state index contributed by atoms with van der Waals surface area (Å²) < 4.78 is 30.0. The van der Waals surface area contributed by atoms with Crippen molar-refractivity contribution in [1.82, 2.24) is 8.54 Å². The van der Waals surface area contributed by atoms with E-state index in [0.717, 1.165) is 12.1 Å². The standard InChI is InChI=1S/C22H18Cl2N3O4S/c1-2-25-11-9-15(10-12-25)14-26-20-13-17(24)5-8-19(20)21(28)27(22(26)29)32(30,31)18-6-3-16(23)4-7-18/h3-13H,2,14H2,1H3/q+1. The highest BCUT2D eigenvalue weighted by atomic mass is 35.5. The van der Waals surface area contributed by atoms with Crippen molar-refractivity contribution in [2.75, 3.05) is 0 Å². The van der Waals surface area contributed by atoms with E-state index in [1.54, 1.807) is 0 Å². The van der Waals surface area contributed by atoms with Crippen molar-refractivity contribution >= 4 is 44.1 Å². The van der Waals surface area contributed by atoms with Crippen molar-refractivity contribution < 1.29 is 13.0 Å². The third-order valence-corrected chi connectivity index (χ3v) is 7.25. The Hall–Kier alpha value is -2.94. The maximum atomic E-state index is 13.4. The SMILES string of the molecule is CC[n+]1ccc(Cn2c(=O)n(S(=O)(=O)c3ccc(Cl)cc3)c(=O)c3ccc(Cl)cc32)cc1. The minimum absolute atomic E-state index is 0.0522. The Morgan fingerprint density at radius 3 is 2.16 bits per heavy atom. The van der Waals surface area contributed by atoms with Gasteiger partial charge in [-0.05, 0) is 55.0 Å². The molecular formula is C22H18Cl2N3O4S+. The Labute approximate surface area is 193 Å². The van der Waals surface area contributed by atoms with Crippen molar-refractivity contribution in [3.8, 4) is 0 Å². The molecule has 32 heavy (non-hydrogen) atoms. The minimum atomic E-state index is -4.47. The van der Waals surface area contributed by atoms with Gasteiger partial charge in [-0.1, -0.05) is 23.2 Å². The van der Waals surface area contributed by atoms with Crippen LogP contribution in [0.3, 0.4) is 0 Å². The van der Waals surface area contributed by atoms with E-state index >= 15 is 0 Å². The fourth-order valence-electron chi connectivity index (χ4n) is 3.38. The van der Waals surface area contributed by atoms with Crippen molar-refractivity contribution in [3.05, 3.63) is 103 Å². The molecule has 0 amide bonds. The van der Waals surface area contributed by atoms with Crippen LogP contribution in [0.4, 0.5) is 0 Å². The highest BCUT2D eigenvalue weighted by molar-refractivity contribution is 7.90. The van der Waals surface area contributed by atoms with Crippen LogP contribution in [0.5, 0.6) is 0 Å². The van der Waals surface area contributed by atoms with E-state index in [2.05, 4.69) is 0 Å². The number of hydrogen-bond acceptors (Lipinski definition) is 4. The van der Waals surface area contributed by atoms with Crippen molar-refractivity contribution in [1.29, 1.82) is 0 Å². The van der Waals surface area contributed by atoms with Gasteiger partial charge in [0, 0.05) is 22.2 Å². The van der Waals surface area contributed by atoms with Crippen molar-refractivity contribution in [3.63, 3.8) is 0 Å². The Morgan fingerprint density at radius 1 is 0.906 bits per heavy atom. The lowest BCUT2D eigenvalue weighted by Gasteiger charge is -2.15. The number of aromatic nitrogens is 3. The van der Waals surface area contributed by atoms with Gasteiger partial charge in [0.15, 0.2) is 12.4 Å². The highest BCUT2D eigenvalue weighted by Crippen LogP contribution is 2.19. The Kier molecular flexibility index (Phi) is 5.94. The monoisotopic (exact) mass is 490 g/mol. The second-order valence-corrected chi connectivity index (χ2v) is 9.76. The minimum Gasteiger partial charge on any atom is -0.288 e. The first-order valence-corrected chi connectivity index (χ1v) is 11.9. The third-order valence-electron chi connectivity index (χ3n) is 5.09. The van der Waals surface area contributed by atoms with Gasteiger partial charge in [0.2, 0.25) is 0 Å². The highest BCUT2D eigenvalue weighted by Gasteiger charge is 2.25. The van der Waals surface area contributed by atoms with Gasteiger partial charge in [-0.2, -0.15) is 0 Å². The van der Waals surface area contributed by atoms with E-state index in [4.69, 9.17) is 23.2 Å². The van der Waals surface area contributed by atoms with Crippen LogP contribution in [0.15, 0.2) is 81.5 Å². The molecule has 0 N–H and O–H groups in total. The molecule has 0 spiro atoms. The summed E-state index contributed by atoms with van der Waals surface area (Å²) in [6.45, 7) is 2.83. The molecular weight excluding hydrogens is 473 g/mol. The van der Waals surface area contributed by atoms with E-state index in [1.165, 1.54) is 47.0 Å². The Balaban J connectivity index is 2.00. The molecule has 164 valence electrons. The molecule has 2 aromatic carbocycles. The van der Waals surface area contributed by atoms with E-state index in [1.807, 2.05) is 36.0 Å². The Morgan fingerprint density at radius 2 is 1.53 bits per heavy atom. The number of hydrogen-bond donors (Lipinski definition) is 0. The van der Waals surface area contributed by atoms with Gasteiger partial charge in [-0.25, -0.2) is 17.8 Å². The predicted octanol–water partition coefficient (Wildman–Crippen LogP) is 3.06.